The average Bonchev–Trinajstić information content (AvgIpc) is 3.16. The van der Waals surface area contributed by atoms with Gasteiger partial charge in [0.25, 0.3) is 5.91 Å². The predicted octanol–water partition coefficient (Wildman–Crippen LogP) is 3.20. The molecule has 3 amide bonds. The van der Waals surface area contributed by atoms with Crippen molar-refractivity contribution in [3.8, 4) is 5.75 Å². The third-order valence-corrected chi connectivity index (χ3v) is 5.10. The predicted molar refractivity (Wildman–Crippen MR) is 121 cm³/mol. The highest BCUT2D eigenvalue weighted by Gasteiger charge is 2.25. The summed E-state index contributed by atoms with van der Waals surface area (Å²) in [6, 6.07) is 12.7. The van der Waals surface area contributed by atoms with Crippen LogP contribution >= 0.6 is 12.4 Å². The third-order valence-electron chi connectivity index (χ3n) is 5.10. The van der Waals surface area contributed by atoms with E-state index in [2.05, 4.69) is 36.6 Å². The van der Waals surface area contributed by atoms with Crippen molar-refractivity contribution in [1.82, 2.24) is 10.6 Å². The summed E-state index contributed by atoms with van der Waals surface area (Å²) >= 11 is 0. The fourth-order valence-corrected chi connectivity index (χ4v) is 3.29. The van der Waals surface area contributed by atoms with Crippen LogP contribution in [0.3, 0.4) is 0 Å². The molecule has 2 aromatic rings. The number of nitrogens with one attached hydrogen (secondary N) is 2. The molecular formula is C22H29ClN4O3. The number of carbonyl (C=O) groups excluding carboxylic acids is 2. The molecule has 3 rings (SSSR count). The normalized spacial score (nSPS) is 14.2. The summed E-state index contributed by atoms with van der Waals surface area (Å²) in [4.78, 5) is 26.2. The van der Waals surface area contributed by atoms with Crippen molar-refractivity contribution >= 4 is 30.0 Å². The molecule has 1 aliphatic rings. The van der Waals surface area contributed by atoms with Gasteiger partial charge in [0.1, 0.15) is 5.75 Å². The Morgan fingerprint density at radius 2 is 1.87 bits per heavy atom. The van der Waals surface area contributed by atoms with E-state index in [1.807, 2.05) is 12.1 Å². The van der Waals surface area contributed by atoms with Gasteiger partial charge in [-0.05, 0) is 35.2 Å². The lowest BCUT2D eigenvalue weighted by atomic mass is 9.99. The molecule has 0 bridgehead atoms. The van der Waals surface area contributed by atoms with Gasteiger partial charge in [-0.1, -0.05) is 38.1 Å². The van der Waals surface area contributed by atoms with Crippen LogP contribution in [0.5, 0.6) is 5.75 Å². The van der Waals surface area contributed by atoms with Crippen LogP contribution in [-0.4, -0.2) is 38.7 Å². The Hall–Kier alpha value is -2.77. The minimum atomic E-state index is -0.303. The fraction of sp³-hybridized carbons (Fsp3) is 0.364. The quantitative estimate of drug-likeness (QED) is 0.625. The molecule has 0 saturated carbocycles. The zero-order valence-corrected chi connectivity index (χ0v) is 18.3. The van der Waals surface area contributed by atoms with Crippen LogP contribution in [0.15, 0.2) is 42.5 Å². The topological polar surface area (TPSA) is 96.7 Å². The zero-order valence-electron chi connectivity index (χ0n) is 17.5. The van der Waals surface area contributed by atoms with E-state index >= 15 is 0 Å². The summed E-state index contributed by atoms with van der Waals surface area (Å²) in [5.74, 6) is 0.755. The average molecular weight is 433 g/mol. The zero-order chi connectivity index (χ0) is 21.0. The van der Waals surface area contributed by atoms with Crippen molar-refractivity contribution < 1.29 is 14.3 Å². The van der Waals surface area contributed by atoms with E-state index in [9.17, 15) is 9.59 Å². The molecule has 1 fully saturated rings. The van der Waals surface area contributed by atoms with Crippen molar-refractivity contribution in [3.05, 3.63) is 59.2 Å². The van der Waals surface area contributed by atoms with Crippen LogP contribution in [0.2, 0.25) is 0 Å². The molecular weight excluding hydrogens is 404 g/mol. The highest BCUT2D eigenvalue weighted by molar-refractivity contribution is 5.99. The maximum Gasteiger partial charge on any atom is 0.322 e. The second-order valence-corrected chi connectivity index (χ2v) is 7.41. The maximum atomic E-state index is 12.6. The molecule has 0 aliphatic carbocycles. The number of carbonyl (C=O) groups is 2. The van der Waals surface area contributed by atoms with Crippen LogP contribution in [0.1, 0.15) is 47.3 Å². The number of amides is 3. The van der Waals surface area contributed by atoms with Gasteiger partial charge in [0.2, 0.25) is 0 Å². The Bertz CT molecular complexity index is 886. The summed E-state index contributed by atoms with van der Waals surface area (Å²) in [5.41, 5.74) is 9.49. The Kier molecular flexibility index (Phi) is 8.08. The molecule has 7 nitrogen and oxygen atoms in total. The number of hydrogen-bond acceptors (Lipinski definition) is 4. The van der Waals surface area contributed by atoms with Gasteiger partial charge in [-0.2, -0.15) is 0 Å². The van der Waals surface area contributed by atoms with E-state index in [1.54, 1.807) is 23.1 Å². The van der Waals surface area contributed by atoms with E-state index in [0.717, 1.165) is 5.56 Å². The first kappa shape index (κ1) is 23.5. The largest absolute Gasteiger partial charge is 0.495 e. The lowest BCUT2D eigenvalue weighted by Gasteiger charge is -2.19. The van der Waals surface area contributed by atoms with Crippen molar-refractivity contribution in [2.24, 2.45) is 5.73 Å². The number of ether oxygens (including phenoxy) is 1. The van der Waals surface area contributed by atoms with Crippen LogP contribution in [0.4, 0.5) is 10.5 Å². The molecule has 30 heavy (non-hydrogen) atoms. The third kappa shape index (κ3) is 5.23. The molecule has 8 heteroatoms. The molecule has 0 spiro atoms. The number of anilines is 1. The van der Waals surface area contributed by atoms with Crippen LogP contribution in [0, 0.1) is 0 Å². The van der Waals surface area contributed by atoms with Gasteiger partial charge in [-0.15, -0.1) is 12.4 Å². The first-order chi connectivity index (χ1) is 13.9. The van der Waals surface area contributed by atoms with Crippen LogP contribution in [-0.2, 0) is 0 Å². The van der Waals surface area contributed by atoms with E-state index in [1.165, 1.54) is 12.7 Å². The van der Waals surface area contributed by atoms with Crippen LogP contribution < -0.4 is 26.0 Å². The molecule has 1 heterocycles. The number of nitrogens with two attached hydrogens (primary N) is 1. The maximum absolute atomic E-state index is 12.6. The molecule has 0 radical (unpaired) electrons. The van der Waals surface area contributed by atoms with E-state index in [-0.39, 0.29) is 30.4 Å². The smallest absolute Gasteiger partial charge is 0.322 e. The number of nitrogens with zero attached hydrogens (tertiary/aromatic N) is 1. The fourth-order valence-electron chi connectivity index (χ4n) is 3.29. The molecule has 162 valence electrons. The number of halogens is 1. The molecule has 0 aromatic heterocycles. The number of urea groups is 1. The number of hydrogen-bond donors (Lipinski definition) is 3. The van der Waals surface area contributed by atoms with Gasteiger partial charge in [0.05, 0.1) is 12.8 Å². The summed E-state index contributed by atoms with van der Waals surface area (Å²) in [6.45, 7) is 5.68. The monoisotopic (exact) mass is 432 g/mol. The number of benzene rings is 2. The molecule has 1 saturated heterocycles. The summed E-state index contributed by atoms with van der Waals surface area (Å²) < 4.78 is 5.35. The highest BCUT2D eigenvalue weighted by Crippen LogP contribution is 2.30. The number of methoxy groups -OCH3 is 1. The Morgan fingerprint density at radius 1 is 1.20 bits per heavy atom. The van der Waals surface area contributed by atoms with Crippen molar-refractivity contribution in [2.45, 2.75) is 25.8 Å². The Balaban J connectivity index is 0.00000320. The van der Waals surface area contributed by atoms with Gasteiger partial charge < -0.3 is 21.1 Å². The van der Waals surface area contributed by atoms with Crippen molar-refractivity contribution in [2.75, 3.05) is 31.6 Å². The first-order valence-corrected chi connectivity index (χ1v) is 9.77. The van der Waals surface area contributed by atoms with Gasteiger partial charge >= 0.3 is 6.03 Å². The highest BCUT2D eigenvalue weighted by atomic mass is 35.5. The summed E-state index contributed by atoms with van der Waals surface area (Å²) in [7, 11) is 1.54. The molecule has 1 aliphatic heterocycles. The number of rotatable bonds is 7. The SMILES string of the molecule is COc1ccc(C(=O)NCC(N)c2ccc(C(C)C)cc2)cc1N1CCNC1=O.Cl. The van der Waals surface area contributed by atoms with E-state index < -0.39 is 0 Å². The van der Waals surface area contributed by atoms with E-state index in [0.29, 0.717) is 42.6 Å². The van der Waals surface area contributed by atoms with Gasteiger partial charge in [0.15, 0.2) is 0 Å². The lowest BCUT2D eigenvalue weighted by Crippen LogP contribution is -2.32. The van der Waals surface area contributed by atoms with E-state index in [4.69, 9.17) is 10.5 Å². The van der Waals surface area contributed by atoms with Gasteiger partial charge in [0, 0.05) is 31.2 Å². The Labute approximate surface area is 183 Å². The van der Waals surface area contributed by atoms with Crippen molar-refractivity contribution in [1.29, 1.82) is 0 Å². The molecule has 1 unspecified atom stereocenters. The molecule has 2 aromatic carbocycles. The van der Waals surface area contributed by atoms with Crippen LogP contribution in [0.25, 0.3) is 0 Å². The molecule has 4 N–H and O–H groups in total. The summed E-state index contributed by atoms with van der Waals surface area (Å²) in [6.07, 6.45) is 0. The summed E-state index contributed by atoms with van der Waals surface area (Å²) in [5, 5.41) is 5.63. The Morgan fingerprint density at radius 3 is 2.43 bits per heavy atom. The standard InChI is InChI=1S/C22H28N4O3.ClH/c1-14(2)15-4-6-16(7-5-15)18(23)13-25-21(27)17-8-9-20(29-3)19(12-17)26-11-10-24-22(26)28;/h4-9,12,14,18H,10-11,13,23H2,1-3H3,(H,24,28)(H,25,27);1H. The minimum absolute atomic E-state index is 0. The van der Waals surface area contributed by atoms with Gasteiger partial charge in [-0.3, -0.25) is 9.69 Å². The second-order valence-electron chi connectivity index (χ2n) is 7.41. The van der Waals surface area contributed by atoms with Gasteiger partial charge in [-0.25, -0.2) is 4.79 Å². The minimum Gasteiger partial charge on any atom is -0.495 e. The van der Waals surface area contributed by atoms with Crippen molar-refractivity contribution in [3.63, 3.8) is 0 Å². The second kappa shape index (κ2) is 10.3. The lowest BCUT2D eigenvalue weighted by molar-refractivity contribution is 0.0951. The molecule has 1 atom stereocenters. The first-order valence-electron chi connectivity index (χ1n) is 9.77.